The lowest BCUT2D eigenvalue weighted by molar-refractivity contribution is 0.387. The van der Waals surface area contributed by atoms with Crippen LogP contribution in [0.3, 0.4) is 0 Å². The minimum atomic E-state index is -1.42. The lowest BCUT2D eigenvalue weighted by Crippen LogP contribution is -1.98. The van der Waals surface area contributed by atoms with Gasteiger partial charge in [-0.2, -0.15) is 9.37 Å². The van der Waals surface area contributed by atoms with E-state index in [1.165, 1.54) is 0 Å². The van der Waals surface area contributed by atoms with E-state index < -0.39 is 23.5 Å². The highest BCUT2D eigenvalue weighted by Gasteiger charge is 2.14. The average molecular weight is 330 g/mol. The highest BCUT2D eigenvalue weighted by Crippen LogP contribution is 2.28. The zero-order valence-electron chi connectivity index (χ0n) is 12.5. The molecule has 0 spiro atoms. The van der Waals surface area contributed by atoms with E-state index in [1.54, 1.807) is 18.2 Å². The summed E-state index contributed by atoms with van der Waals surface area (Å²) >= 11 is 0. The molecule has 2 aromatic carbocycles. The van der Waals surface area contributed by atoms with Crippen molar-refractivity contribution >= 4 is 0 Å². The highest BCUT2D eigenvalue weighted by atomic mass is 19.2. The number of hydrogen-bond donors (Lipinski definition) is 1. The molecule has 0 atom stereocenters. The number of hydrogen-bond acceptors (Lipinski definition) is 3. The van der Waals surface area contributed by atoms with Crippen LogP contribution in [0.1, 0.15) is 5.56 Å². The second-order valence-corrected chi connectivity index (χ2v) is 5.08. The van der Waals surface area contributed by atoms with Crippen molar-refractivity contribution in [2.24, 2.45) is 5.73 Å². The third-order valence-corrected chi connectivity index (χ3v) is 3.40. The van der Waals surface area contributed by atoms with Gasteiger partial charge in [0.1, 0.15) is 5.75 Å². The van der Waals surface area contributed by atoms with Crippen LogP contribution in [0, 0.1) is 17.6 Å². The summed E-state index contributed by atoms with van der Waals surface area (Å²) in [4.78, 5) is 3.14. The largest absolute Gasteiger partial charge is 0.436 e. The number of aromatic nitrogens is 1. The predicted octanol–water partition coefficient (Wildman–Crippen LogP) is 4.42. The van der Waals surface area contributed by atoms with Gasteiger partial charge in [0.25, 0.3) is 11.8 Å². The first-order valence-electron chi connectivity index (χ1n) is 7.15. The lowest BCUT2D eigenvalue weighted by atomic mass is 10.0. The minimum Gasteiger partial charge on any atom is -0.436 e. The van der Waals surface area contributed by atoms with Gasteiger partial charge in [-0.05, 0) is 34.9 Å². The van der Waals surface area contributed by atoms with Crippen molar-refractivity contribution in [1.82, 2.24) is 4.98 Å². The number of ether oxygens (including phenoxy) is 1. The van der Waals surface area contributed by atoms with E-state index in [1.807, 2.05) is 30.3 Å². The van der Waals surface area contributed by atoms with E-state index in [0.29, 0.717) is 12.6 Å². The van der Waals surface area contributed by atoms with Crippen molar-refractivity contribution in [3.8, 4) is 22.8 Å². The molecule has 0 aliphatic rings. The Hall–Kier alpha value is -2.86. The van der Waals surface area contributed by atoms with E-state index in [4.69, 9.17) is 10.5 Å². The van der Waals surface area contributed by atoms with Gasteiger partial charge in [0.05, 0.1) is 0 Å². The fraction of sp³-hybridized carbons (Fsp3) is 0.0556. The number of halogens is 3. The number of nitrogens with zero attached hydrogens (tertiary/aromatic N) is 1. The predicted molar refractivity (Wildman–Crippen MR) is 84.0 cm³/mol. The standard InChI is InChI=1S/C18H13F3N2O/c19-15-9-16(20)18(23-17(15)21)24-14-6-2-5-13(8-14)12-4-1-3-11(7-12)10-22/h1-9H,10,22H2. The van der Waals surface area contributed by atoms with E-state index in [9.17, 15) is 13.2 Å². The van der Waals surface area contributed by atoms with Crippen LogP contribution < -0.4 is 10.5 Å². The van der Waals surface area contributed by atoms with Gasteiger partial charge in [-0.15, -0.1) is 0 Å². The van der Waals surface area contributed by atoms with Gasteiger partial charge >= 0.3 is 0 Å². The highest BCUT2D eigenvalue weighted by molar-refractivity contribution is 5.65. The molecule has 0 fully saturated rings. The third-order valence-electron chi connectivity index (χ3n) is 3.40. The van der Waals surface area contributed by atoms with Crippen LogP contribution in [-0.4, -0.2) is 4.98 Å². The minimum absolute atomic E-state index is 0.253. The van der Waals surface area contributed by atoms with Gasteiger partial charge < -0.3 is 10.5 Å². The van der Waals surface area contributed by atoms with Crippen LogP contribution in [-0.2, 0) is 6.54 Å². The van der Waals surface area contributed by atoms with Crippen LogP contribution in [0.2, 0.25) is 0 Å². The van der Waals surface area contributed by atoms with Gasteiger partial charge in [-0.3, -0.25) is 0 Å². The van der Waals surface area contributed by atoms with E-state index >= 15 is 0 Å². The van der Waals surface area contributed by atoms with Gasteiger partial charge in [0.15, 0.2) is 11.6 Å². The zero-order chi connectivity index (χ0) is 17.1. The van der Waals surface area contributed by atoms with Crippen molar-refractivity contribution in [2.75, 3.05) is 0 Å². The molecule has 0 saturated heterocycles. The smallest absolute Gasteiger partial charge is 0.258 e. The molecule has 122 valence electrons. The molecule has 3 nitrogen and oxygen atoms in total. The maximum Gasteiger partial charge on any atom is 0.258 e. The molecule has 0 aliphatic heterocycles. The Morgan fingerprint density at radius 1 is 0.875 bits per heavy atom. The summed E-state index contributed by atoms with van der Waals surface area (Å²) in [7, 11) is 0. The molecule has 3 aromatic rings. The van der Waals surface area contributed by atoms with Crippen molar-refractivity contribution in [1.29, 1.82) is 0 Å². The number of pyridine rings is 1. The van der Waals surface area contributed by atoms with Crippen molar-refractivity contribution < 1.29 is 17.9 Å². The first kappa shape index (κ1) is 16.0. The number of nitrogens with two attached hydrogens (primary N) is 1. The SMILES string of the molecule is NCc1cccc(-c2cccc(Oc3nc(F)c(F)cc3F)c2)c1. The molecule has 3 rings (SSSR count). The Labute approximate surface area is 136 Å². The maximum atomic E-state index is 13.6. The number of rotatable bonds is 4. The average Bonchev–Trinajstić information content (AvgIpc) is 2.60. The Morgan fingerprint density at radius 3 is 2.33 bits per heavy atom. The fourth-order valence-corrected chi connectivity index (χ4v) is 2.23. The maximum absolute atomic E-state index is 13.6. The van der Waals surface area contributed by atoms with Crippen LogP contribution in [0.4, 0.5) is 13.2 Å². The molecule has 2 N–H and O–H groups in total. The molecule has 0 unspecified atom stereocenters. The van der Waals surface area contributed by atoms with Crippen LogP contribution in [0.5, 0.6) is 11.6 Å². The Balaban J connectivity index is 1.92. The van der Waals surface area contributed by atoms with Gasteiger partial charge in [-0.1, -0.05) is 30.3 Å². The molecule has 0 aliphatic carbocycles. The Morgan fingerprint density at radius 2 is 1.58 bits per heavy atom. The summed E-state index contributed by atoms with van der Waals surface area (Å²) in [5.74, 6) is -4.24. The van der Waals surface area contributed by atoms with Crippen molar-refractivity contribution in [3.05, 3.63) is 77.7 Å². The first-order valence-corrected chi connectivity index (χ1v) is 7.15. The second-order valence-electron chi connectivity index (χ2n) is 5.08. The van der Waals surface area contributed by atoms with Crippen molar-refractivity contribution in [3.63, 3.8) is 0 Å². The molecule has 0 radical (unpaired) electrons. The van der Waals surface area contributed by atoms with Crippen molar-refractivity contribution in [2.45, 2.75) is 6.54 Å². The topological polar surface area (TPSA) is 48.1 Å². The monoisotopic (exact) mass is 330 g/mol. The summed E-state index contributed by atoms with van der Waals surface area (Å²) in [5.41, 5.74) is 8.31. The molecular weight excluding hydrogens is 317 g/mol. The molecule has 1 aromatic heterocycles. The van der Waals surface area contributed by atoms with E-state index in [-0.39, 0.29) is 5.75 Å². The molecule has 6 heteroatoms. The molecule has 0 amide bonds. The summed E-state index contributed by atoms with van der Waals surface area (Å²) < 4.78 is 44.9. The molecule has 0 saturated carbocycles. The first-order chi connectivity index (χ1) is 11.6. The summed E-state index contributed by atoms with van der Waals surface area (Å²) in [5, 5.41) is 0. The van der Waals surface area contributed by atoms with Crippen LogP contribution in [0.15, 0.2) is 54.6 Å². The van der Waals surface area contributed by atoms with Gasteiger partial charge in [0.2, 0.25) is 0 Å². The lowest BCUT2D eigenvalue weighted by Gasteiger charge is -2.09. The third kappa shape index (κ3) is 3.38. The van der Waals surface area contributed by atoms with E-state index in [2.05, 4.69) is 4.98 Å². The number of benzene rings is 2. The second kappa shape index (κ2) is 6.72. The zero-order valence-corrected chi connectivity index (χ0v) is 12.5. The Bertz CT molecular complexity index is 884. The van der Waals surface area contributed by atoms with Crippen LogP contribution >= 0.6 is 0 Å². The van der Waals surface area contributed by atoms with Gasteiger partial charge in [-0.25, -0.2) is 8.78 Å². The molecule has 0 bridgehead atoms. The van der Waals surface area contributed by atoms with Crippen LogP contribution in [0.25, 0.3) is 11.1 Å². The normalized spacial score (nSPS) is 10.7. The fourth-order valence-electron chi connectivity index (χ4n) is 2.23. The molecular formula is C18H13F3N2O. The molecule has 24 heavy (non-hydrogen) atoms. The summed E-state index contributed by atoms with van der Waals surface area (Å²) in [6.07, 6.45) is 0. The Kier molecular flexibility index (Phi) is 4.48. The van der Waals surface area contributed by atoms with Gasteiger partial charge in [0, 0.05) is 12.6 Å². The molecule has 1 heterocycles. The quantitative estimate of drug-likeness (QED) is 0.721. The summed E-state index contributed by atoms with van der Waals surface area (Å²) in [6, 6.07) is 14.8. The van der Waals surface area contributed by atoms with E-state index in [0.717, 1.165) is 16.7 Å². The summed E-state index contributed by atoms with van der Waals surface area (Å²) in [6.45, 7) is 0.411.